The van der Waals surface area contributed by atoms with Crippen molar-refractivity contribution in [1.82, 2.24) is 10.6 Å². The molecule has 0 fully saturated rings. The van der Waals surface area contributed by atoms with Crippen LogP contribution in [0.1, 0.15) is 54.4 Å². The van der Waals surface area contributed by atoms with Crippen LogP contribution in [0, 0.1) is 5.41 Å². The Morgan fingerprint density at radius 1 is 0.358 bits per heavy atom. The summed E-state index contributed by atoms with van der Waals surface area (Å²) in [5.74, 6) is -28.6. The summed E-state index contributed by atoms with van der Waals surface area (Å²) >= 11 is 0. The number of ether oxygens (including phenoxy) is 6. The van der Waals surface area contributed by atoms with E-state index >= 15 is 52.7 Å². The number of rotatable bonds is 42. The monoisotopic (exact) mass is 1290 g/mol. The van der Waals surface area contributed by atoms with Crippen molar-refractivity contribution in [1.29, 1.82) is 0 Å². The minimum atomic E-state index is -10.0. The van der Waals surface area contributed by atoms with Crippen LogP contribution in [0.15, 0.2) is 0 Å². The molecule has 0 aliphatic carbocycles. The summed E-state index contributed by atoms with van der Waals surface area (Å²) in [5.41, 5.74) is -10.0. The van der Waals surface area contributed by atoms with Crippen molar-refractivity contribution >= 4 is 29.8 Å². The Morgan fingerprint density at radius 3 is 0.765 bits per heavy atom. The molecule has 0 saturated heterocycles. The zero-order valence-corrected chi connectivity index (χ0v) is 44.5. The predicted molar refractivity (Wildman–Crippen MR) is 219 cm³/mol. The quantitative estimate of drug-likeness (QED) is 0.0255. The van der Waals surface area contributed by atoms with Crippen molar-refractivity contribution < 1.29 is 180 Å². The number of halogens is 24. The highest BCUT2D eigenvalue weighted by atomic mass is 28.4. The Balaban J connectivity index is 7.94. The van der Waals surface area contributed by atoms with Gasteiger partial charge in [-0.3, -0.25) is 0 Å². The largest absolute Gasteiger partial charge is 0.500 e. The van der Waals surface area contributed by atoms with Gasteiger partial charge >= 0.3 is 108 Å². The maximum Gasteiger partial charge on any atom is 0.500 e. The first-order valence-electron chi connectivity index (χ1n) is 22.7. The number of carbonyl (C=O) groups excluding carboxylic acids is 2. The number of alkyl carbamates (subject to hydrolysis) is 2. The van der Waals surface area contributed by atoms with Crippen LogP contribution in [-0.2, 0) is 55.0 Å². The zero-order valence-electron chi connectivity index (χ0n) is 42.5. The first-order valence-corrected chi connectivity index (χ1v) is 26.6. The molecular weight excluding hydrogens is 1240 g/mol. The Hall–Kier alpha value is -3.19. The van der Waals surface area contributed by atoms with E-state index in [4.69, 9.17) is 36.8 Å². The molecule has 2 amide bonds. The third kappa shape index (κ3) is 18.9. The molecule has 0 unspecified atom stereocenters. The average molecular weight is 1290 g/mol. The second kappa shape index (κ2) is 29.3. The second-order valence-electron chi connectivity index (χ2n) is 15.6. The fourth-order valence-corrected chi connectivity index (χ4v) is 11.2. The average Bonchev–Trinajstić information content (AvgIpc) is 3.29. The van der Waals surface area contributed by atoms with Gasteiger partial charge in [0.15, 0.2) is 13.2 Å². The third-order valence-corrected chi connectivity index (χ3v) is 16.0. The summed E-state index contributed by atoms with van der Waals surface area (Å²) in [4.78, 5) is 24.2. The molecule has 0 aromatic carbocycles. The Morgan fingerprint density at radius 2 is 0.568 bits per heavy atom. The molecular formula is C37H54F24N2O16Si2. The topological polar surface area (TPSA) is 209 Å². The van der Waals surface area contributed by atoms with Gasteiger partial charge in [-0.05, 0) is 54.4 Å². The summed E-state index contributed by atoms with van der Waals surface area (Å²) < 4.78 is 408. The smallest absolute Gasteiger partial charge is 0.443 e. The third-order valence-electron chi connectivity index (χ3n) is 9.68. The minimum Gasteiger partial charge on any atom is -0.443 e. The Labute approximate surface area is 444 Å². The van der Waals surface area contributed by atoms with Crippen LogP contribution in [0.4, 0.5) is 115 Å². The number of aliphatic hydroxyl groups is 2. The second-order valence-corrected chi connectivity index (χ2v) is 21.1. The van der Waals surface area contributed by atoms with E-state index < -0.39 is 147 Å². The lowest BCUT2D eigenvalue weighted by Crippen LogP contribution is -2.78. The molecule has 0 radical (unpaired) electrons. The molecule has 44 heteroatoms. The Kier molecular flexibility index (Phi) is 28.1. The van der Waals surface area contributed by atoms with Gasteiger partial charge in [0.2, 0.25) is 0 Å². The summed E-state index contributed by atoms with van der Waals surface area (Å²) in [6.45, 7) is -8.16. The first kappa shape index (κ1) is 77.8. The van der Waals surface area contributed by atoms with Gasteiger partial charge in [-0.2, -0.15) is 105 Å². The van der Waals surface area contributed by atoms with Gasteiger partial charge in [0, 0.05) is 64.8 Å². The zero-order chi connectivity index (χ0) is 63.9. The maximum absolute atomic E-state index is 16.1. The molecule has 81 heavy (non-hydrogen) atoms. The van der Waals surface area contributed by atoms with E-state index in [1.165, 1.54) is 61.6 Å². The lowest BCUT2D eigenvalue weighted by molar-refractivity contribution is -0.624. The molecule has 0 atom stereocenters. The van der Waals surface area contributed by atoms with Gasteiger partial charge in [0.1, 0.15) is 13.2 Å². The van der Waals surface area contributed by atoms with Crippen LogP contribution in [0.2, 0.25) is 12.1 Å². The fourth-order valence-electron chi connectivity index (χ4n) is 6.02. The van der Waals surface area contributed by atoms with E-state index in [1.54, 1.807) is 9.47 Å². The predicted octanol–water partition coefficient (Wildman–Crippen LogP) is 9.64. The van der Waals surface area contributed by atoms with E-state index in [0.717, 1.165) is 0 Å². The van der Waals surface area contributed by atoms with Crippen LogP contribution in [0.3, 0.4) is 0 Å². The lowest BCUT2D eigenvalue weighted by atomic mass is 9.80. The molecule has 484 valence electrons. The van der Waals surface area contributed by atoms with Crippen LogP contribution >= 0.6 is 0 Å². The molecule has 4 N–H and O–H groups in total. The van der Waals surface area contributed by atoms with E-state index in [-0.39, 0.29) is 64.6 Å². The van der Waals surface area contributed by atoms with Gasteiger partial charge in [0.25, 0.3) is 0 Å². The molecule has 0 aliphatic rings. The lowest BCUT2D eigenvalue weighted by Gasteiger charge is -2.51. The fraction of sp³-hybridized carbons (Fsp3) is 0.946. The highest BCUT2D eigenvalue weighted by molar-refractivity contribution is 6.61. The van der Waals surface area contributed by atoms with Gasteiger partial charge in [-0.1, -0.05) is 0 Å². The summed E-state index contributed by atoms with van der Waals surface area (Å²) in [5, 5.41) is 20.0. The van der Waals surface area contributed by atoms with Crippen molar-refractivity contribution in [2.75, 3.05) is 79.2 Å². The molecule has 0 aromatic rings. The molecule has 0 aromatic heterocycles. The number of carbonyl (C=O) groups is 2. The summed E-state index contributed by atoms with van der Waals surface area (Å²) in [6, 6.07) is -0.520. The van der Waals surface area contributed by atoms with Gasteiger partial charge in [-0.25, -0.2) is 28.5 Å². The number of hydrogen-bond acceptors (Lipinski definition) is 16. The molecule has 0 spiro atoms. The number of alkyl halides is 24. The van der Waals surface area contributed by atoms with Crippen molar-refractivity contribution in [2.24, 2.45) is 5.41 Å². The molecule has 18 nitrogen and oxygen atoms in total. The standard InChI is InChI=1S/C37H54F24N2O16Si2/c1-7-70-80(71-8-2,72-9-3)17-13-15-62-23(66)68-21-27(42,43)32(50,51)78-36(58,59)29(34(54,55)76-30(46,47)25(38,39)19-64,35(56,57)77-31(48,49)26(40,41)20-65)37(60,61)79-33(52,53)28(44,45)22-69-24(67)63-16-14-18-81(73-10-4,74-11-5)75-12-6/h64-65H,7-22H2,1-6H3,(H,62,66)(H,63,67). The summed E-state index contributed by atoms with van der Waals surface area (Å²) in [7, 11) is -7.18. The van der Waals surface area contributed by atoms with Crippen LogP contribution in [0.25, 0.3) is 0 Å². The highest BCUT2D eigenvalue weighted by Gasteiger charge is 2.98. The van der Waals surface area contributed by atoms with Crippen molar-refractivity contribution in [2.45, 2.75) is 139 Å². The molecule has 0 saturated carbocycles. The number of nitrogens with one attached hydrogen (secondary N) is 2. The van der Waals surface area contributed by atoms with Gasteiger partial charge < -0.3 is 56.9 Å². The van der Waals surface area contributed by atoms with Crippen molar-refractivity contribution in [3.05, 3.63) is 0 Å². The van der Waals surface area contributed by atoms with Crippen LogP contribution in [0.5, 0.6) is 0 Å². The van der Waals surface area contributed by atoms with E-state index in [0.29, 0.717) is 0 Å². The number of aliphatic hydroxyl groups excluding tert-OH is 2. The number of amides is 2. The minimum absolute atomic E-state index is 0.0592. The summed E-state index contributed by atoms with van der Waals surface area (Å²) in [6.07, 6.45) is -76.1. The van der Waals surface area contributed by atoms with Crippen molar-refractivity contribution in [3.8, 4) is 0 Å². The highest BCUT2D eigenvalue weighted by Crippen LogP contribution is 2.70. The maximum atomic E-state index is 16.1. The van der Waals surface area contributed by atoms with Crippen LogP contribution in [-0.4, -0.2) is 192 Å². The Bertz CT molecular complexity index is 1770. The van der Waals surface area contributed by atoms with Crippen LogP contribution < -0.4 is 10.6 Å². The van der Waals surface area contributed by atoms with E-state index in [2.05, 4.69) is 9.47 Å². The van der Waals surface area contributed by atoms with Gasteiger partial charge in [0.05, 0.1) is 0 Å². The van der Waals surface area contributed by atoms with Crippen molar-refractivity contribution in [3.63, 3.8) is 0 Å². The number of hydrogen-bond donors (Lipinski definition) is 4. The molecule has 0 aliphatic heterocycles. The SMILES string of the molecule is CCO[Si](CCCNC(=O)OCC(F)(F)C(F)(F)OC(F)(F)C(C(F)(F)OC(F)(F)C(F)(F)CO)(C(F)(F)OC(F)(F)C(F)(F)CO)C(F)(F)OC(F)(F)C(F)(F)COC(=O)NCCC[Si](OCC)(OCC)OCC)(OCC)OCC. The van der Waals surface area contributed by atoms with Gasteiger partial charge in [-0.15, -0.1) is 0 Å². The molecule has 0 rings (SSSR count). The molecule has 0 bridgehead atoms. The molecule has 0 heterocycles. The van der Waals surface area contributed by atoms with E-state index in [1.807, 2.05) is 0 Å². The normalized spacial score (nSPS) is 14.8. The first-order chi connectivity index (χ1) is 36.5. The van der Waals surface area contributed by atoms with E-state index in [9.17, 15) is 62.3 Å².